The van der Waals surface area contributed by atoms with Crippen molar-refractivity contribution in [1.29, 1.82) is 0 Å². The molecule has 0 radical (unpaired) electrons. The summed E-state index contributed by atoms with van der Waals surface area (Å²) in [5.41, 5.74) is 6.32. The molecule has 7 heteroatoms. The zero-order valence-electron chi connectivity index (χ0n) is 11.0. The van der Waals surface area contributed by atoms with E-state index in [1.807, 2.05) is 6.07 Å². The van der Waals surface area contributed by atoms with Crippen molar-refractivity contribution in [1.82, 2.24) is 10.3 Å². The maximum absolute atomic E-state index is 12.2. The van der Waals surface area contributed by atoms with Crippen molar-refractivity contribution >= 4 is 11.7 Å². The zero-order valence-corrected chi connectivity index (χ0v) is 11.0. The minimum Gasteiger partial charge on any atom is -0.505 e. The maximum atomic E-state index is 12.2. The van der Waals surface area contributed by atoms with E-state index in [9.17, 15) is 9.90 Å². The minimum atomic E-state index is -0.809. The van der Waals surface area contributed by atoms with Crippen LogP contribution in [0.3, 0.4) is 0 Å². The highest BCUT2D eigenvalue weighted by atomic mass is 16.4. The van der Waals surface area contributed by atoms with Crippen LogP contribution in [0, 0.1) is 0 Å². The number of hydrogen-bond acceptors (Lipinski definition) is 5. The normalized spacial score (nSPS) is 12.7. The van der Waals surface area contributed by atoms with E-state index < -0.39 is 11.9 Å². The first kappa shape index (κ1) is 14.3. The van der Waals surface area contributed by atoms with Crippen molar-refractivity contribution in [3.63, 3.8) is 0 Å². The molecule has 0 aliphatic carbocycles. The van der Waals surface area contributed by atoms with Crippen LogP contribution in [-0.4, -0.2) is 27.0 Å². The number of carbonyl (C=O) groups excluding carboxylic acids is 1. The Kier molecular flexibility index (Phi) is 4.35. The fraction of sp³-hybridized carbons (Fsp3) is 0.0714. The second-order valence-corrected chi connectivity index (χ2v) is 4.23. The Bertz CT molecular complexity index is 658. The Morgan fingerprint density at radius 1 is 1.29 bits per heavy atom. The minimum absolute atomic E-state index is 0.0525. The highest BCUT2D eigenvalue weighted by molar-refractivity contribution is 6.00. The summed E-state index contributed by atoms with van der Waals surface area (Å²) in [6.07, 6.45) is 2.55. The molecule has 1 amide bonds. The van der Waals surface area contributed by atoms with Gasteiger partial charge in [0, 0.05) is 6.20 Å². The summed E-state index contributed by atoms with van der Waals surface area (Å²) in [6, 6.07) is 9.37. The predicted octanol–water partition coefficient (Wildman–Crippen LogP) is 1.00. The van der Waals surface area contributed by atoms with E-state index in [-0.39, 0.29) is 17.1 Å². The lowest BCUT2D eigenvalue weighted by molar-refractivity contribution is 0.0943. The smallest absolute Gasteiger partial charge is 0.256 e. The third-order valence-corrected chi connectivity index (χ3v) is 2.86. The van der Waals surface area contributed by atoms with E-state index in [4.69, 9.17) is 10.9 Å². The monoisotopic (exact) mass is 286 g/mol. The molecule has 1 aromatic heterocycles. The van der Waals surface area contributed by atoms with Crippen molar-refractivity contribution in [3.8, 4) is 5.75 Å². The van der Waals surface area contributed by atoms with E-state index >= 15 is 0 Å². The molecular formula is C14H14N4O3. The highest BCUT2D eigenvalue weighted by Crippen LogP contribution is 2.17. The Balaban J connectivity index is 2.28. The van der Waals surface area contributed by atoms with Crippen molar-refractivity contribution in [2.75, 3.05) is 0 Å². The van der Waals surface area contributed by atoms with E-state index in [2.05, 4.69) is 15.5 Å². The molecule has 21 heavy (non-hydrogen) atoms. The van der Waals surface area contributed by atoms with Crippen LogP contribution in [-0.2, 0) is 0 Å². The van der Waals surface area contributed by atoms with Crippen molar-refractivity contribution < 1.29 is 15.1 Å². The van der Waals surface area contributed by atoms with Crippen LogP contribution in [0.2, 0.25) is 0 Å². The van der Waals surface area contributed by atoms with Gasteiger partial charge >= 0.3 is 0 Å². The Morgan fingerprint density at radius 2 is 2.00 bits per heavy atom. The summed E-state index contributed by atoms with van der Waals surface area (Å²) in [7, 11) is 0. The summed E-state index contributed by atoms with van der Waals surface area (Å²) >= 11 is 0. The second kappa shape index (κ2) is 6.38. The molecule has 0 spiro atoms. The molecule has 0 aliphatic rings. The van der Waals surface area contributed by atoms with Gasteiger partial charge in [0.15, 0.2) is 5.84 Å². The van der Waals surface area contributed by atoms with Crippen LogP contribution in [0.5, 0.6) is 5.75 Å². The van der Waals surface area contributed by atoms with E-state index in [0.717, 1.165) is 6.20 Å². The Hall–Kier alpha value is -3.09. The molecule has 2 rings (SSSR count). The van der Waals surface area contributed by atoms with E-state index in [1.54, 1.807) is 24.3 Å². The second-order valence-electron chi connectivity index (χ2n) is 4.23. The molecule has 1 unspecified atom stereocenters. The summed E-state index contributed by atoms with van der Waals surface area (Å²) in [4.78, 5) is 15.9. The first-order valence-corrected chi connectivity index (χ1v) is 6.09. The molecule has 108 valence electrons. The number of nitrogens with two attached hydrogens (primary N) is 1. The summed E-state index contributed by atoms with van der Waals surface area (Å²) < 4.78 is 0. The number of nitrogens with one attached hydrogen (secondary N) is 1. The van der Waals surface area contributed by atoms with Crippen LogP contribution >= 0.6 is 0 Å². The molecule has 1 atom stereocenters. The molecule has 0 saturated heterocycles. The zero-order chi connectivity index (χ0) is 15.2. The first-order chi connectivity index (χ1) is 10.1. The molecule has 1 heterocycles. The number of pyridine rings is 1. The third kappa shape index (κ3) is 3.27. The van der Waals surface area contributed by atoms with Crippen LogP contribution in [0.15, 0.2) is 53.9 Å². The van der Waals surface area contributed by atoms with Gasteiger partial charge < -0.3 is 21.4 Å². The van der Waals surface area contributed by atoms with Crippen LogP contribution in [0.4, 0.5) is 0 Å². The fourth-order valence-corrected chi connectivity index (χ4v) is 1.82. The summed E-state index contributed by atoms with van der Waals surface area (Å²) in [6.45, 7) is 0. The largest absolute Gasteiger partial charge is 0.505 e. The summed E-state index contributed by atoms with van der Waals surface area (Å²) in [5, 5.41) is 24.0. The lowest BCUT2D eigenvalue weighted by Gasteiger charge is -2.18. The molecule has 2 aromatic rings. The van der Waals surface area contributed by atoms with Gasteiger partial charge in [-0.15, -0.1) is 0 Å². The molecule has 0 saturated carbocycles. The van der Waals surface area contributed by atoms with E-state index in [0.29, 0.717) is 5.56 Å². The molecule has 0 fully saturated rings. The number of carbonyl (C=O) groups is 1. The van der Waals surface area contributed by atoms with Crippen molar-refractivity contribution in [2.24, 2.45) is 10.9 Å². The number of amidine groups is 1. The number of aromatic hydroxyl groups is 1. The van der Waals surface area contributed by atoms with Crippen molar-refractivity contribution in [3.05, 3.63) is 59.9 Å². The van der Waals surface area contributed by atoms with Gasteiger partial charge in [-0.3, -0.25) is 9.78 Å². The lowest BCUT2D eigenvalue weighted by Crippen LogP contribution is -2.37. The Morgan fingerprint density at radius 3 is 2.62 bits per heavy atom. The number of amides is 1. The first-order valence-electron chi connectivity index (χ1n) is 6.09. The lowest BCUT2D eigenvalue weighted by atomic mass is 10.1. The van der Waals surface area contributed by atoms with Gasteiger partial charge in [0.25, 0.3) is 5.91 Å². The fourth-order valence-electron chi connectivity index (χ4n) is 1.82. The number of aromatic nitrogens is 1. The third-order valence-electron chi connectivity index (χ3n) is 2.86. The maximum Gasteiger partial charge on any atom is 0.256 e. The van der Waals surface area contributed by atoms with Crippen LogP contribution < -0.4 is 11.1 Å². The Labute approximate surface area is 120 Å². The topological polar surface area (TPSA) is 121 Å². The molecule has 1 aromatic carbocycles. The number of rotatable bonds is 4. The SMILES string of the molecule is N/C(=N/O)C(NC(=O)c1ccncc1O)c1ccccc1. The van der Waals surface area contributed by atoms with Crippen molar-refractivity contribution in [2.45, 2.75) is 6.04 Å². The van der Waals surface area contributed by atoms with Gasteiger partial charge in [-0.1, -0.05) is 35.5 Å². The number of benzene rings is 1. The van der Waals surface area contributed by atoms with Gasteiger partial charge in [-0.2, -0.15) is 0 Å². The standard InChI is InChI=1S/C14H14N4O3/c15-13(18-21)12(9-4-2-1-3-5-9)17-14(20)10-6-7-16-8-11(10)19/h1-8,12,19,21H,(H2,15,18)(H,17,20). The van der Waals surface area contributed by atoms with E-state index in [1.165, 1.54) is 12.3 Å². The van der Waals surface area contributed by atoms with Gasteiger partial charge in [0.1, 0.15) is 11.8 Å². The van der Waals surface area contributed by atoms with Gasteiger partial charge in [0.2, 0.25) is 0 Å². The van der Waals surface area contributed by atoms with Gasteiger partial charge in [-0.25, -0.2) is 0 Å². The molecule has 5 N–H and O–H groups in total. The molecule has 0 bridgehead atoms. The highest BCUT2D eigenvalue weighted by Gasteiger charge is 2.21. The molecule has 7 nitrogen and oxygen atoms in total. The number of nitrogens with zero attached hydrogens (tertiary/aromatic N) is 2. The summed E-state index contributed by atoms with van der Waals surface area (Å²) in [5.74, 6) is -0.972. The molecule has 0 aliphatic heterocycles. The average molecular weight is 286 g/mol. The number of hydrogen-bond donors (Lipinski definition) is 4. The average Bonchev–Trinajstić information content (AvgIpc) is 2.53. The van der Waals surface area contributed by atoms with Gasteiger partial charge in [-0.05, 0) is 11.6 Å². The van der Waals surface area contributed by atoms with Gasteiger partial charge in [0.05, 0.1) is 11.8 Å². The van der Waals surface area contributed by atoms with Crippen LogP contribution in [0.25, 0.3) is 0 Å². The predicted molar refractivity (Wildman–Crippen MR) is 76.0 cm³/mol. The number of oxime groups is 1. The van der Waals surface area contributed by atoms with Crippen LogP contribution in [0.1, 0.15) is 22.0 Å². The molecular weight excluding hydrogens is 272 g/mol. The quantitative estimate of drug-likeness (QED) is 0.289.